The third-order valence-electron chi connectivity index (χ3n) is 3.55. The maximum Gasteiger partial charge on any atom is 0.317 e. The molecule has 1 aromatic carbocycles. The van der Waals surface area contributed by atoms with Crippen molar-refractivity contribution in [2.24, 2.45) is 0 Å². The molecule has 0 heterocycles. The molecule has 1 atom stereocenters. The van der Waals surface area contributed by atoms with Crippen LogP contribution in [0.1, 0.15) is 24.3 Å². The van der Waals surface area contributed by atoms with E-state index in [2.05, 4.69) is 5.32 Å². The normalized spacial score (nSPS) is 15.3. The number of nitrogens with one attached hydrogen (secondary N) is 1. The van der Waals surface area contributed by atoms with Gasteiger partial charge in [0.25, 0.3) is 0 Å². The topological polar surface area (TPSA) is 89.9 Å². The van der Waals surface area contributed by atoms with Crippen molar-refractivity contribution in [3.63, 3.8) is 0 Å². The van der Waals surface area contributed by atoms with E-state index in [1.54, 1.807) is 29.2 Å². The third kappa shape index (κ3) is 4.19. The molecule has 0 aromatic heterocycles. The maximum absolute atomic E-state index is 12.1. The molecule has 2 amide bonds. The Hall–Kier alpha value is -2.08. The van der Waals surface area contributed by atoms with E-state index in [0.29, 0.717) is 5.56 Å². The van der Waals surface area contributed by atoms with Gasteiger partial charge in [0.15, 0.2) is 0 Å². The van der Waals surface area contributed by atoms with Gasteiger partial charge in [-0.3, -0.25) is 4.79 Å². The SMILES string of the molecule is O=C(O)C(CNC(=O)N(CCO)C1CC1)c1ccccc1. The standard InChI is InChI=1S/C15H20N2O4/c18-9-8-17(12-6-7-12)15(21)16-10-13(14(19)20)11-4-2-1-3-5-11/h1-5,12-13,18H,6-10H2,(H,16,21)(H,19,20). The van der Waals surface area contributed by atoms with Crippen molar-refractivity contribution in [2.45, 2.75) is 24.8 Å². The van der Waals surface area contributed by atoms with E-state index in [1.165, 1.54) is 0 Å². The second-order valence-electron chi connectivity index (χ2n) is 5.14. The van der Waals surface area contributed by atoms with Crippen molar-refractivity contribution in [3.05, 3.63) is 35.9 Å². The largest absolute Gasteiger partial charge is 0.481 e. The number of rotatable bonds is 7. The third-order valence-corrected chi connectivity index (χ3v) is 3.55. The lowest BCUT2D eigenvalue weighted by Crippen LogP contribution is -2.44. The molecule has 6 nitrogen and oxygen atoms in total. The number of carbonyl (C=O) groups is 2. The molecule has 0 aliphatic heterocycles. The molecule has 1 aliphatic rings. The number of nitrogens with zero attached hydrogens (tertiary/aromatic N) is 1. The number of hydrogen-bond donors (Lipinski definition) is 3. The molecule has 1 aliphatic carbocycles. The van der Waals surface area contributed by atoms with Gasteiger partial charge in [0, 0.05) is 19.1 Å². The van der Waals surface area contributed by atoms with Gasteiger partial charge < -0.3 is 20.4 Å². The van der Waals surface area contributed by atoms with Crippen LogP contribution in [0.25, 0.3) is 0 Å². The highest BCUT2D eigenvalue weighted by Gasteiger charge is 2.32. The molecule has 21 heavy (non-hydrogen) atoms. The van der Waals surface area contributed by atoms with Crippen LogP contribution in [0.2, 0.25) is 0 Å². The van der Waals surface area contributed by atoms with E-state index < -0.39 is 11.9 Å². The second-order valence-corrected chi connectivity index (χ2v) is 5.14. The Balaban J connectivity index is 1.95. The van der Waals surface area contributed by atoms with Gasteiger partial charge in [0.05, 0.1) is 12.5 Å². The summed E-state index contributed by atoms with van der Waals surface area (Å²) in [7, 11) is 0. The molecule has 1 fully saturated rings. The molecule has 1 aromatic rings. The summed E-state index contributed by atoms with van der Waals surface area (Å²) in [4.78, 5) is 25.0. The minimum atomic E-state index is -0.971. The molecule has 1 unspecified atom stereocenters. The van der Waals surface area contributed by atoms with Gasteiger partial charge in [-0.1, -0.05) is 30.3 Å². The van der Waals surface area contributed by atoms with E-state index in [0.717, 1.165) is 12.8 Å². The fourth-order valence-electron chi connectivity index (χ4n) is 2.27. The number of carboxylic acid groups (broad SMARTS) is 1. The molecular weight excluding hydrogens is 272 g/mol. The summed E-state index contributed by atoms with van der Waals surface area (Å²) in [5.41, 5.74) is 0.658. The molecular formula is C15H20N2O4. The van der Waals surface area contributed by atoms with E-state index in [9.17, 15) is 14.7 Å². The highest BCUT2D eigenvalue weighted by atomic mass is 16.4. The lowest BCUT2D eigenvalue weighted by Gasteiger charge is -2.23. The molecule has 0 saturated heterocycles. The van der Waals surface area contributed by atoms with Crippen LogP contribution in [0.5, 0.6) is 0 Å². The van der Waals surface area contributed by atoms with Crippen molar-refractivity contribution < 1.29 is 19.8 Å². The highest BCUT2D eigenvalue weighted by Crippen LogP contribution is 2.26. The quantitative estimate of drug-likeness (QED) is 0.700. The average Bonchev–Trinajstić information content (AvgIpc) is 3.30. The van der Waals surface area contributed by atoms with Crippen LogP contribution in [0.15, 0.2) is 30.3 Å². The fraction of sp³-hybridized carbons (Fsp3) is 0.467. The summed E-state index contributed by atoms with van der Waals surface area (Å²) in [6, 6.07) is 8.70. The van der Waals surface area contributed by atoms with Gasteiger partial charge in [-0.15, -0.1) is 0 Å². The van der Waals surface area contributed by atoms with Crippen molar-refractivity contribution in [2.75, 3.05) is 19.7 Å². The van der Waals surface area contributed by atoms with Crippen LogP contribution in [0.4, 0.5) is 4.79 Å². The number of carbonyl (C=O) groups excluding carboxylic acids is 1. The highest BCUT2D eigenvalue weighted by molar-refractivity contribution is 5.79. The summed E-state index contributed by atoms with van der Waals surface area (Å²) >= 11 is 0. The van der Waals surface area contributed by atoms with Crippen molar-refractivity contribution in [3.8, 4) is 0 Å². The van der Waals surface area contributed by atoms with Gasteiger partial charge in [-0.25, -0.2) is 4.79 Å². The first-order valence-corrected chi connectivity index (χ1v) is 7.06. The molecule has 0 radical (unpaired) electrons. The number of amides is 2. The van der Waals surface area contributed by atoms with Gasteiger partial charge in [-0.2, -0.15) is 0 Å². The smallest absolute Gasteiger partial charge is 0.317 e. The van der Waals surface area contributed by atoms with Crippen LogP contribution in [-0.4, -0.2) is 52.9 Å². The van der Waals surface area contributed by atoms with Crippen LogP contribution in [-0.2, 0) is 4.79 Å². The lowest BCUT2D eigenvalue weighted by molar-refractivity contribution is -0.138. The summed E-state index contributed by atoms with van der Waals surface area (Å²) in [6.45, 7) is 0.220. The van der Waals surface area contributed by atoms with Crippen LogP contribution >= 0.6 is 0 Å². The van der Waals surface area contributed by atoms with Gasteiger partial charge in [0.1, 0.15) is 0 Å². The number of carboxylic acids is 1. The van der Waals surface area contributed by atoms with Crippen LogP contribution in [0, 0.1) is 0 Å². The second kappa shape index (κ2) is 7.08. The predicted molar refractivity (Wildman–Crippen MR) is 77.0 cm³/mol. The molecule has 114 valence electrons. The molecule has 1 saturated carbocycles. The van der Waals surface area contributed by atoms with Gasteiger partial charge >= 0.3 is 12.0 Å². The van der Waals surface area contributed by atoms with E-state index in [1.807, 2.05) is 6.07 Å². The number of aliphatic hydroxyl groups excluding tert-OH is 1. The summed E-state index contributed by atoms with van der Waals surface area (Å²) in [6.07, 6.45) is 1.88. The Morgan fingerprint density at radius 1 is 1.29 bits per heavy atom. The molecule has 3 N–H and O–H groups in total. The monoisotopic (exact) mass is 292 g/mol. The number of aliphatic carboxylic acids is 1. The van der Waals surface area contributed by atoms with Gasteiger partial charge in [-0.05, 0) is 18.4 Å². The zero-order chi connectivity index (χ0) is 15.2. The Labute approximate surface area is 123 Å². The number of hydrogen-bond acceptors (Lipinski definition) is 3. The van der Waals surface area contributed by atoms with E-state index in [-0.39, 0.29) is 31.8 Å². The van der Waals surface area contributed by atoms with Crippen molar-refractivity contribution >= 4 is 12.0 Å². The summed E-state index contributed by atoms with van der Waals surface area (Å²) in [5, 5.41) is 21.0. The first-order valence-electron chi connectivity index (χ1n) is 7.06. The number of urea groups is 1. The number of benzene rings is 1. The lowest BCUT2D eigenvalue weighted by atomic mass is 9.99. The van der Waals surface area contributed by atoms with Crippen LogP contribution < -0.4 is 5.32 Å². The zero-order valence-corrected chi connectivity index (χ0v) is 11.7. The molecule has 6 heteroatoms. The summed E-state index contributed by atoms with van der Waals surface area (Å²) in [5.74, 6) is -1.74. The Kier molecular flexibility index (Phi) is 5.16. The zero-order valence-electron chi connectivity index (χ0n) is 11.7. The minimum Gasteiger partial charge on any atom is -0.481 e. The van der Waals surface area contributed by atoms with E-state index >= 15 is 0 Å². The number of aliphatic hydroxyl groups is 1. The fourth-order valence-corrected chi connectivity index (χ4v) is 2.27. The predicted octanol–water partition coefficient (Wildman–Crippen LogP) is 1.02. The minimum absolute atomic E-state index is 0.0346. The molecule has 2 rings (SSSR count). The molecule has 0 bridgehead atoms. The Bertz CT molecular complexity index is 488. The summed E-state index contributed by atoms with van der Waals surface area (Å²) < 4.78 is 0. The van der Waals surface area contributed by atoms with Crippen molar-refractivity contribution in [1.82, 2.24) is 10.2 Å². The Morgan fingerprint density at radius 2 is 1.95 bits per heavy atom. The van der Waals surface area contributed by atoms with Crippen molar-refractivity contribution in [1.29, 1.82) is 0 Å². The molecule has 0 spiro atoms. The van der Waals surface area contributed by atoms with Crippen LogP contribution in [0.3, 0.4) is 0 Å². The maximum atomic E-state index is 12.1. The first-order chi connectivity index (χ1) is 10.1. The van der Waals surface area contributed by atoms with Gasteiger partial charge in [0.2, 0.25) is 0 Å². The first kappa shape index (κ1) is 15.3. The van der Waals surface area contributed by atoms with E-state index in [4.69, 9.17) is 5.11 Å². The Morgan fingerprint density at radius 3 is 2.48 bits per heavy atom. The average molecular weight is 292 g/mol.